The van der Waals surface area contributed by atoms with Crippen molar-refractivity contribution in [2.45, 2.75) is 101 Å². The molecule has 2 saturated carbocycles. The molecule has 0 radical (unpaired) electrons. The normalized spacial score (nSPS) is 22.8. The number of carbonyl (C=O) groups excluding carboxylic acids is 1. The molecule has 0 spiro atoms. The fraction of sp³-hybridized carbons (Fsp3) is 0.586. The van der Waals surface area contributed by atoms with Gasteiger partial charge in [0, 0.05) is 24.7 Å². The van der Waals surface area contributed by atoms with Crippen LogP contribution in [-0.2, 0) is 6.18 Å². The van der Waals surface area contributed by atoms with E-state index in [4.69, 9.17) is 15.7 Å². The summed E-state index contributed by atoms with van der Waals surface area (Å²) in [6, 6.07) is 3.47. The second-order valence-electron chi connectivity index (χ2n) is 11.7. The van der Waals surface area contributed by atoms with Crippen LogP contribution < -0.4 is 16.4 Å². The molecule has 242 valence electrons. The van der Waals surface area contributed by atoms with Gasteiger partial charge in [0.25, 0.3) is 5.91 Å². The smallest absolute Gasteiger partial charge is 0.351 e. The zero-order valence-electron chi connectivity index (χ0n) is 24.2. The van der Waals surface area contributed by atoms with E-state index in [1.807, 2.05) is 0 Å². The lowest BCUT2D eigenvalue weighted by molar-refractivity contribution is -0.140. The van der Waals surface area contributed by atoms with Crippen molar-refractivity contribution in [3.8, 4) is 0 Å². The summed E-state index contributed by atoms with van der Waals surface area (Å²) < 4.78 is 57.2. The molecule has 4 N–H and O–H groups in total. The molecule has 2 aromatic heterocycles. The molecule has 0 bridgehead atoms. The Kier molecular flexibility index (Phi) is 10.8. The number of hydrogen-bond donors (Lipinski definition) is 3. The topological polar surface area (TPSA) is 114 Å². The highest BCUT2D eigenvalue weighted by Gasteiger charge is 2.38. The highest BCUT2D eigenvalue weighted by molar-refractivity contribution is 5.95. The largest absolute Gasteiger partial charge is 0.419 e. The van der Waals surface area contributed by atoms with E-state index in [0.717, 1.165) is 69.9 Å². The molecule has 1 aromatic carbocycles. The van der Waals surface area contributed by atoms with Crippen LogP contribution in [0.2, 0.25) is 0 Å². The molecule has 9 nitrogen and oxygen atoms in total. The SMILES string of the molecule is Cl.Cl.NC1CCC(Nc2nc(NC3CCCCN3C(=O)c3cccc(C(F)(F)F)c3F)c3ncn(C4CCCC4)c3n2)CC1. The first kappa shape index (κ1) is 34.0. The molecule has 3 fully saturated rings. The summed E-state index contributed by atoms with van der Waals surface area (Å²) >= 11 is 0. The van der Waals surface area contributed by atoms with Crippen LogP contribution in [0.25, 0.3) is 11.2 Å². The average molecular weight is 662 g/mol. The lowest BCUT2D eigenvalue weighted by Crippen LogP contribution is -2.48. The molecule has 3 aromatic rings. The zero-order valence-corrected chi connectivity index (χ0v) is 25.8. The summed E-state index contributed by atoms with van der Waals surface area (Å²) in [5.74, 6) is -1.48. The zero-order chi connectivity index (χ0) is 29.4. The Labute approximate surface area is 265 Å². The summed E-state index contributed by atoms with van der Waals surface area (Å²) in [4.78, 5) is 29.2. The molecule has 1 unspecified atom stereocenters. The molecule has 1 saturated heterocycles. The highest BCUT2D eigenvalue weighted by atomic mass is 35.5. The average Bonchev–Trinajstić information content (AvgIpc) is 3.64. The Bertz CT molecular complexity index is 1440. The number of piperidine rings is 1. The van der Waals surface area contributed by atoms with Crippen LogP contribution in [0.15, 0.2) is 24.5 Å². The minimum absolute atomic E-state index is 0. The van der Waals surface area contributed by atoms with Gasteiger partial charge < -0.3 is 25.8 Å². The minimum atomic E-state index is -4.91. The Morgan fingerprint density at radius 3 is 2.34 bits per heavy atom. The first-order valence-electron chi connectivity index (χ1n) is 14.9. The van der Waals surface area contributed by atoms with Crippen molar-refractivity contribution < 1.29 is 22.4 Å². The number of alkyl halides is 3. The van der Waals surface area contributed by atoms with Gasteiger partial charge in [0.05, 0.1) is 17.5 Å². The lowest BCUT2D eigenvalue weighted by atomic mass is 9.92. The summed E-state index contributed by atoms with van der Waals surface area (Å²) in [5.41, 5.74) is 5.28. The van der Waals surface area contributed by atoms with E-state index in [-0.39, 0.29) is 49.5 Å². The van der Waals surface area contributed by atoms with Gasteiger partial charge in [-0.2, -0.15) is 23.1 Å². The van der Waals surface area contributed by atoms with Crippen molar-refractivity contribution in [1.29, 1.82) is 0 Å². The van der Waals surface area contributed by atoms with Crippen molar-refractivity contribution in [3.05, 3.63) is 41.5 Å². The van der Waals surface area contributed by atoms with Crippen molar-refractivity contribution >= 4 is 53.7 Å². The number of likely N-dealkylation sites (tertiary alicyclic amines) is 1. The molecule has 2 aliphatic carbocycles. The van der Waals surface area contributed by atoms with Crippen LogP contribution in [0.3, 0.4) is 0 Å². The molecule has 1 amide bonds. The number of nitrogens with zero attached hydrogens (tertiary/aromatic N) is 5. The summed E-state index contributed by atoms with van der Waals surface area (Å²) in [7, 11) is 0. The van der Waals surface area contributed by atoms with E-state index in [9.17, 15) is 22.4 Å². The highest BCUT2D eigenvalue weighted by Crippen LogP contribution is 2.35. The predicted octanol–water partition coefficient (Wildman–Crippen LogP) is 6.69. The molecule has 44 heavy (non-hydrogen) atoms. The number of benzene rings is 1. The predicted molar refractivity (Wildman–Crippen MR) is 165 cm³/mol. The van der Waals surface area contributed by atoms with Crippen molar-refractivity contribution in [2.75, 3.05) is 17.2 Å². The van der Waals surface area contributed by atoms with Gasteiger partial charge in [0.15, 0.2) is 17.0 Å². The third-order valence-electron chi connectivity index (χ3n) is 8.85. The summed E-state index contributed by atoms with van der Waals surface area (Å²) in [6.45, 7) is 0.268. The van der Waals surface area contributed by atoms with Gasteiger partial charge in [0.2, 0.25) is 5.95 Å². The molecule has 15 heteroatoms. The number of rotatable bonds is 6. The molecule has 3 heterocycles. The molecule has 1 aliphatic heterocycles. The Balaban J connectivity index is 0.00000221. The van der Waals surface area contributed by atoms with E-state index in [0.29, 0.717) is 41.8 Å². The molecular formula is C29H38Cl2F4N8O. The number of nitrogens with two attached hydrogens (primary N) is 1. The van der Waals surface area contributed by atoms with Crippen LogP contribution in [-0.4, -0.2) is 55.1 Å². The van der Waals surface area contributed by atoms with Crippen LogP contribution in [0.1, 0.15) is 92.6 Å². The number of fused-ring (bicyclic) bond motifs is 1. The van der Waals surface area contributed by atoms with Crippen molar-refractivity contribution in [1.82, 2.24) is 24.4 Å². The lowest BCUT2D eigenvalue weighted by Gasteiger charge is -2.36. The van der Waals surface area contributed by atoms with Crippen molar-refractivity contribution in [3.63, 3.8) is 0 Å². The third-order valence-corrected chi connectivity index (χ3v) is 8.85. The van der Waals surface area contributed by atoms with Gasteiger partial charge in [-0.1, -0.05) is 18.9 Å². The van der Waals surface area contributed by atoms with E-state index in [1.165, 1.54) is 4.90 Å². The summed E-state index contributed by atoms with van der Waals surface area (Å²) in [5, 5.41) is 6.82. The van der Waals surface area contributed by atoms with E-state index < -0.39 is 35.2 Å². The number of anilines is 2. The standard InChI is InChI=1S/C29H36F4N8O.2ClH/c30-23-20(8-5-9-21(23)29(31,32)33)27(42)40-15-4-3-10-22(40)37-25-24-26(41(16-35-24)19-6-1-2-7-19)39-28(38-25)36-18-13-11-17(34)12-14-18;;/h5,8-9,16-19,22H,1-4,6-7,10-15,34H2,(H2,36,37,38,39);2*1H. The van der Waals surface area contributed by atoms with Gasteiger partial charge >= 0.3 is 6.18 Å². The number of carbonyl (C=O) groups is 1. The quantitative estimate of drug-likeness (QED) is 0.253. The van der Waals surface area contributed by atoms with Gasteiger partial charge in [-0.05, 0) is 69.9 Å². The maximum absolute atomic E-state index is 14.9. The first-order valence-corrected chi connectivity index (χ1v) is 14.9. The number of nitrogens with one attached hydrogen (secondary N) is 2. The fourth-order valence-corrected chi connectivity index (χ4v) is 6.53. The van der Waals surface area contributed by atoms with Crippen LogP contribution in [0.5, 0.6) is 0 Å². The van der Waals surface area contributed by atoms with E-state index >= 15 is 0 Å². The molecule has 3 aliphatic rings. The van der Waals surface area contributed by atoms with Gasteiger partial charge in [0.1, 0.15) is 12.0 Å². The van der Waals surface area contributed by atoms with E-state index in [1.54, 1.807) is 6.33 Å². The Morgan fingerprint density at radius 2 is 1.64 bits per heavy atom. The van der Waals surface area contributed by atoms with Gasteiger partial charge in [-0.15, -0.1) is 24.8 Å². The second-order valence-corrected chi connectivity index (χ2v) is 11.7. The van der Waals surface area contributed by atoms with Gasteiger partial charge in [-0.25, -0.2) is 9.37 Å². The van der Waals surface area contributed by atoms with Gasteiger partial charge in [-0.3, -0.25) is 4.79 Å². The summed E-state index contributed by atoms with van der Waals surface area (Å²) in [6.07, 6.45) is 6.20. The maximum atomic E-state index is 14.9. The maximum Gasteiger partial charge on any atom is 0.419 e. The van der Waals surface area contributed by atoms with E-state index in [2.05, 4.69) is 20.2 Å². The monoisotopic (exact) mass is 660 g/mol. The van der Waals surface area contributed by atoms with Crippen LogP contribution in [0.4, 0.5) is 29.3 Å². The Hall–Kier alpha value is -2.90. The molecule has 6 rings (SSSR count). The number of halogens is 6. The third kappa shape index (κ3) is 6.99. The minimum Gasteiger partial charge on any atom is -0.351 e. The fourth-order valence-electron chi connectivity index (χ4n) is 6.53. The number of amides is 1. The number of imidazole rings is 1. The first-order chi connectivity index (χ1) is 20.2. The van der Waals surface area contributed by atoms with Crippen molar-refractivity contribution in [2.24, 2.45) is 5.73 Å². The molecular weight excluding hydrogens is 623 g/mol. The molecule has 1 atom stereocenters. The number of hydrogen-bond acceptors (Lipinski definition) is 7. The number of aromatic nitrogens is 4. The van der Waals surface area contributed by atoms with Crippen LogP contribution in [0, 0.1) is 5.82 Å². The Morgan fingerprint density at radius 1 is 0.932 bits per heavy atom. The second kappa shape index (κ2) is 14.0. The van der Waals surface area contributed by atoms with Crippen LogP contribution >= 0.6 is 24.8 Å².